The summed E-state index contributed by atoms with van der Waals surface area (Å²) in [4.78, 5) is 0. The lowest BCUT2D eigenvalue weighted by Crippen LogP contribution is -2.36. The highest BCUT2D eigenvalue weighted by atomic mass is 35.5. The van der Waals surface area contributed by atoms with Crippen LogP contribution in [0.15, 0.2) is 24.3 Å². The summed E-state index contributed by atoms with van der Waals surface area (Å²) in [5.41, 5.74) is 5.77. The van der Waals surface area contributed by atoms with Crippen LogP contribution in [0.3, 0.4) is 0 Å². The molecule has 0 saturated heterocycles. The molecule has 3 heteroatoms. The smallest absolute Gasteiger partial charge is 0.105 e. The SMILES string of the molecule is CC(N)(C#N)Cc1ccccc1Cl. The first kappa shape index (κ1) is 10.0. The molecule has 68 valence electrons. The molecule has 0 heterocycles. The number of rotatable bonds is 2. The summed E-state index contributed by atoms with van der Waals surface area (Å²) in [6.45, 7) is 1.69. The maximum atomic E-state index is 8.73. The van der Waals surface area contributed by atoms with Gasteiger partial charge in [0.2, 0.25) is 0 Å². The van der Waals surface area contributed by atoms with E-state index in [1.807, 2.05) is 24.3 Å². The average Bonchev–Trinajstić information content (AvgIpc) is 2.09. The van der Waals surface area contributed by atoms with E-state index in [9.17, 15) is 0 Å². The third-order valence-electron chi connectivity index (χ3n) is 1.77. The molecule has 1 rings (SSSR count). The second kappa shape index (κ2) is 3.78. The number of nitriles is 1. The largest absolute Gasteiger partial charge is 0.313 e. The molecule has 13 heavy (non-hydrogen) atoms. The van der Waals surface area contributed by atoms with Crippen molar-refractivity contribution in [2.45, 2.75) is 18.9 Å². The molecule has 2 nitrogen and oxygen atoms in total. The molecule has 1 unspecified atom stereocenters. The van der Waals surface area contributed by atoms with Gasteiger partial charge in [0.05, 0.1) is 6.07 Å². The van der Waals surface area contributed by atoms with Crippen molar-refractivity contribution in [1.82, 2.24) is 0 Å². The van der Waals surface area contributed by atoms with Gasteiger partial charge in [-0.1, -0.05) is 29.8 Å². The van der Waals surface area contributed by atoms with Crippen molar-refractivity contribution < 1.29 is 0 Å². The highest BCUT2D eigenvalue weighted by Crippen LogP contribution is 2.19. The number of hydrogen-bond donors (Lipinski definition) is 1. The third-order valence-corrected chi connectivity index (χ3v) is 2.14. The molecule has 0 aliphatic rings. The van der Waals surface area contributed by atoms with Gasteiger partial charge in [-0.25, -0.2) is 0 Å². The maximum absolute atomic E-state index is 8.73. The molecule has 0 amide bonds. The van der Waals surface area contributed by atoms with Crippen LogP contribution in [0, 0.1) is 11.3 Å². The number of nitrogens with two attached hydrogens (primary N) is 1. The van der Waals surface area contributed by atoms with Crippen molar-refractivity contribution >= 4 is 11.6 Å². The summed E-state index contributed by atoms with van der Waals surface area (Å²) in [6, 6.07) is 9.45. The lowest BCUT2D eigenvalue weighted by Gasteiger charge is -2.15. The summed E-state index contributed by atoms with van der Waals surface area (Å²) >= 11 is 5.92. The van der Waals surface area contributed by atoms with Crippen LogP contribution in [0.2, 0.25) is 5.02 Å². The first-order chi connectivity index (χ1) is 6.05. The minimum absolute atomic E-state index is 0.475. The van der Waals surface area contributed by atoms with E-state index in [0.717, 1.165) is 5.56 Å². The Morgan fingerprint density at radius 2 is 2.15 bits per heavy atom. The van der Waals surface area contributed by atoms with Crippen molar-refractivity contribution in [3.63, 3.8) is 0 Å². The fourth-order valence-corrected chi connectivity index (χ4v) is 1.28. The molecule has 1 aromatic carbocycles. The monoisotopic (exact) mass is 194 g/mol. The van der Waals surface area contributed by atoms with Crippen LogP contribution in [0.25, 0.3) is 0 Å². The first-order valence-corrected chi connectivity index (χ1v) is 4.36. The highest BCUT2D eigenvalue weighted by molar-refractivity contribution is 6.31. The van der Waals surface area contributed by atoms with Gasteiger partial charge in [-0.3, -0.25) is 0 Å². The second-order valence-electron chi connectivity index (χ2n) is 3.30. The standard InChI is InChI=1S/C10H11ClN2/c1-10(13,7-12)6-8-4-2-3-5-9(8)11/h2-5H,6,13H2,1H3. The summed E-state index contributed by atoms with van der Waals surface area (Å²) in [5.74, 6) is 0. The Hall–Kier alpha value is -1.04. The second-order valence-corrected chi connectivity index (χ2v) is 3.70. The van der Waals surface area contributed by atoms with E-state index in [1.165, 1.54) is 0 Å². The van der Waals surface area contributed by atoms with E-state index in [0.29, 0.717) is 11.4 Å². The number of nitrogens with zero attached hydrogens (tertiary/aromatic N) is 1. The Balaban J connectivity index is 2.88. The van der Waals surface area contributed by atoms with Crippen LogP contribution < -0.4 is 5.73 Å². The summed E-state index contributed by atoms with van der Waals surface area (Å²) in [6.07, 6.45) is 0.475. The van der Waals surface area contributed by atoms with Crippen molar-refractivity contribution in [1.29, 1.82) is 5.26 Å². The molecular weight excluding hydrogens is 184 g/mol. The zero-order valence-electron chi connectivity index (χ0n) is 7.42. The number of benzene rings is 1. The minimum atomic E-state index is -0.842. The Labute approximate surface area is 82.9 Å². The molecule has 0 spiro atoms. The fraction of sp³-hybridized carbons (Fsp3) is 0.300. The van der Waals surface area contributed by atoms with Gasteiger partial charge in [0.1, 0.15) is 5.54 Å². The predicted molar refractivity (Wildman–Crippen MR) is 53.4 cm³/mol. The highest BCUT2D eigenvalue weighted by Gasteiger charge is 2.18. The van der Waals surface area contributed by atoms with Crippen LogP contribution in [0.5, 0.6) is 0 Å². The Kier molecular flexibility index (Phi) is 2.92. The Bertz CT molecular complexity index is 339. The molecule has 0 radical (unpaired) electrons. The lowest BCUT2D eigenvalue weighted by molar-refractivity contribution is 0.596. The molecule has 1 atom stereocenters. The molecule has 0 saturated carbocycles. The van der Waals surface area contributed by atoms with Gasteiger partial charge in [-0.05, 0) is 18.6 Å². The summed E-state index contributed by atoms with van der Waals surface area (Å²) in [5, 5.41) is 9.39. The Morgan fingerprint density at radius 1 is 1.54 bits per heavy atom. The van der Waals surface area contributed by atoms with Gasteiger partial charge < -0.3 is 5.73 Å². The van der Waals surface area contributed by atoms with Gasteiger partial charge >= 0.3 is 0 Å². The quantitative estimate of drug-likeness (QED) is 0.784. The van der Waals surface area contributed by atoms with Crippen LogP contribution >= 0.6 is 11.6 Å². The van der Waals surface area contributed by atoms with E-state index >= 15 is 0 Å². The summed E-state index contributed by atoms with van der Waals surface area (Å²) < 4.78 is 0. The average molecular weight is 195 g/mol. The zero-order chi connectivity index (χ0) is 9.90. The van der Waals surface area contributed by atoms with Crippen LogP contribution in [-0.4, -0.2) is 5.54 Å². The number of halogens is 1. The van der Waals surface area contributed by atoms with E-state index in [1.54, 1.807) is 13.0 Å². The molecule has 0 aromatic heterocycles. The molecule has 1 aromatic rings. The number of hydrogen-bond acceptors (Lipinski definition) is 2. The third kappa shape index (κ3) is 2.73. The van der Waals surface area contributed by atoms with Crippen LogP contribution in [0.4, 0.5) is 0 Å². The topological polar surface area (TPSA) is 49.8 Å². The minimum Gasteiger partial charge on any atom is -0.313 e. The van der Waals surface area contributed by atoms with Gasteiger partial charge in [-0.2, -0.15) is 5.26 Å². The lowest BCUT2D eigenvalue weighted by atomic mass is 9.96. The molecule has 0 fully saturated rings. The zero-order valence-corrected chi connectivity index (χ0v) is 8.17. The fourth-order valence-electron chi connectivity index (χ4n) is 1.08. The van der Waals surface area contributed by atoms with Gasteiger partial charge in [-0.15, -0.1) is 0 Å². The molecule has 2 N–H and O–H groups in total. The van der Waals surface area contributed by atoms with Gasteiger partial charge in [0, 0.05) is 11.4 Å². The van der Waals surface area contributed by atoms with E-state index < -0.39 is 5.54 Å². The van der Waals surface area contributed by atoms with Crippen molar-refractivity contribution in [2.24, 2.45) is 5.73 Å². The normalized spacial score (nSPS) is 14.6. The van der Waals surface area contributed by atoms with Crippen molar-refractivity contribution in [3.05, 3.63) is 34.9 Å². The van der Waals surface area contributed by atoms with Crippen molar-refractivity contribution in [2.75, 3.05) is 0 Å². The van der Waals surface area contributed by atoms with Crippen molar-refractivity contribution in [3.8, 4) is 6.07 Å². The molecular formula is C10H11ClN2. The summed E-state index contributed by atoms with van der Waals surface area (Å²) in [7, 11) is 0. The molecule has 0 aliphatic carbocycles. The van der Waals surface area contributed by atoms with Gasteiger partial charge in [0.15, 0.2) is 0 Å². The van der Waals surface area contributed by atoms with E-state index in [2.05, 4.69) is 0 Å². The first-order valence-electron chi connectivity index (χ1n) is 3.99. The van der Waals surface area contributed by atoms with Gasteiger partial charge in [0.25, 0.3) is 0 Å². The maximum Gasteiger partial charge on any atom is 0.105 e. The van der Waals surface area contributed by atoms with E-state index in [4.69, 9.17) is 22.6 Å². The van der Waals surface area contributed by atoms with Crippen LogP contribution in [-0.2, 0) is 6.42 Å². The van der Waals surface area contributed by atoms with Crippen LogP contribution in [0.1, 0.15) is 12.5 Å². The predicted octanol–water partition coefficient (Wildman–Crippen LogP) is 2.12. The van der Waals surface area contributed by atoms with E-state index in [-0.39, 0.29) is 0 Å². The molecule has 0 bridgehead atoms. The Morgan fingerprint density at radius 3 is 2.69 bits per heavy atom. The molecule has 0 aliphatic heterocycles.